The van der Waals surface area contributed by atoms with Gasteiger partial charge in [0.1, 0.15) is 0 Å². The molecule has 0 spiro atoms. The van der Waals surface area contributed by atoms with Crippen LogP contribution in [0.5, 0.6) is 0 Å². The van der Waals surface area contributed by atoms with Gasteiger partial charge in [0.15, 0.2) is 0 Å². The lowest BCUT2D eigenvalue weighted by Gasteiger charge is -2.35. The van der Waals surface area contributed by atoms with Crippen LogP contribution in [0, 0.1) is 5.92 Å². The Morgan fingerprint density at radius 2 is 1.93 bits per heavy atom. The SMILES string of the molecule is C[C@H](CO)NC1CCCCC1C(F)(F)F. The van der Waals surface area contributed by atoms with Crippen molar-refractivity contribution in [3.8, 4) is 0 Å². The molecule has 0 radical (unpaired) electrons. The molecule has 0 aromatic heterocycles. The smallest absolute Gasteiger partial charge is 0.393 e. The third-order valence-corrected chi connectivity index (χ3v) is 2.96. The monoisotopic (exact) mass is 225 g/mol. The minimum Gasteiger partial charge on any atom is -0.395 e. The maximum atomic E-state index is 12.6. The first-order valence-electron chi connectivity index (χ1n) is 5.38. The lowest BCUT2D eigenvalue weighted by atomic mass is 9.83. The zero-order valence-electron chi connectivity index (χ0n) is 8.85. The van der Waals surface area contributed by atoms with E-state index in [1.807, 2.05) is 0 Å². The van der Waals surface area contributed by atoms with E-state index in [9.17, 15) is 13.2 Å². The third kappa shape index (κ3) is 3.65. The van der Waals surface area contributed by atoms with Crippen LogP contribution in [-0.2, 0) is 0 Å². The quantitative estimate of drug-likeness (QED) is 0.770. The van der Waals surface area contributed by atoms with E-state index >= 15 is 0 Å². The Morgan fingerprint density at radius 3 is 2.47 bits per heavy atom. The molecule has 2 nitrogen and oxygen atoms in total. The Labute approximate surface area is 87.9 Å². The molecular formula is C10H18F3NO. The van der Waals surface area contributed by atoms with Crippen LogP contribution in [0.1, 0.15) is 32.6 Å². The Hall–Kier alpha value is -0.290. The average Bonchev–Trinajstić information content (AvgIpc) is 2.17. The van der Waals surface area contributed by atoms with Crippen LogP contribution in [0.2, 0.25) is 0 Å². The third-order valence-electron chi connectivity index (χ3n) is 2.96. The summed E-state index contributed by atoms with van der Waals surface area (Å²) >= 11 is 0. The van der Waals surface area contributed by atoms with E-state index in [0.717, 1.165) is 6.42 Å². The van der Waals surface area contributed by atoms with Crippen molar-refractivity contribution < 1.29 is 18.3 Å². The second kappa shape index (κ2) is 5.16. The molecule has 1 aliphatic carbocycles. The van der Waals surface area contributed by atoms with Crippen molar-refractivity contribution in [2.75, 3.05) is 6.61 Å². The lowest BCUT2D eigenvalue weighted by Crippen LogP contribution is -2.49. The Morgan fingerprint density at radius 1 is 1.33 bits per heavy atom. The van der Waals surface area contributed by atoms with E-state index in [-0.39, 0.29) is 19.1 Å². The number of rotatable bonds is 3. The highest BCUT2D eigenvalue weighted by Crippen LogP contribution is 2.37. The molecule has 1 rings (SSSR count). The van der Waals surface area contributed by atoms with Crippen LogP contribution < -0.4 is 5.32 Å². The Balaban J connectivity index is 2.58. The van der Waals surface area contributed by atoms with Gasteiger partial charge < -0.3 is 10.4 Å². The summed E-state index contributed by atoms with van der Waals surface area (Å²) in [5.74, 6) is -1.25. The molecule has 1 saturated carbocycles. The fraction of sp³-hybridized carbons (Fsp3) is 1.00. The molecule has 1 fully saturated rings. The summed E-state index contributed by atoms with van der Waals surface area (Å²) in [6.07, 6.45) is -1.88. The van der Waals surface area contributed by atoms with Gasteiger partial charge in [0.2, 0.25) is 0 Å². The van der Waals surface area contributed by atoms with Gasteiger partial charge in [-0.05, 0) is 19.8 Å². The van der Waals surface area contributed by atoms with Gasteiger partial charge >= 0.3 is 6.18 Å². The van der Waals surface area contributed by atoms with Crippen molar-refractivity contribution in [2.24, 2.45) is 5.92 Å². The van der Waals surface area contributed by atoms with E-state index in [1.165, 1.54) is 0 Å². The molecule has 0 aliphatic heterocycles. The number of aliphatic hydroxyl groups is 1. The average molecular weight is 225 g/mol. The van der Waals surface area contributed by atoms with Crippen LogP contribution in [0.25, 0.3) is 0 Å². The van der Waals surface area contributed by atoms with Crippen LogP contribution in [0.3, 0.4) is 0 Å². The van der Waals surface area contributed by atoms with E-state index in [1.54, 1.807) is 6.92 Å². The number of hydrogen-bond acceptors (Lipinski definition) is 2. The summed E-state index contributed by atoms with van der Waals surface area (Å²) in [5.41, 5.74) is 0. The number of hydrogen-bond donors (Lipinski definition) is 2. The largest absolute Gasteiger partial charge is 0.395 e. The van der Waals surface area contributed by atoms with Crippen LogP contribution >= 0.6 is 0 Å². The van der Waals surface area contributed by atoms with Gasteiger partial charge in [-0.25, -0.2) is 0 Å². The number of halogens is 3. The molecule has 2 N–H and O–H groups in total. The zero-order valence-corrected chi connectivity index (χ0v) is 8.85. The summed E-state index contributed by atoms with van der Waals surface area (Å²) < 4.78 is 37.9. The molecule has 0 amide bonds. The second-order valence-corrected chi connectivity index (χ2v) is 4.29. The van der Waals surface area contributed by atoms with Crippen molar-refractivity contribution in [3.05, 3.63) is 0 Å². The Kier molecular flexibility index (Phi) is 4.40. The molecule has 2 unspecified atom stereocenters. The van der Waals surface area contributed by atoms with Crippen molar-refractivity contribution in [2.45, 2.75) is 50.9 Å². The highest BCUT2D eigenvalue weighted by Gasteiger charge is 2.45. The molecule has 15 heavy (non-hydrogen) atoms. The predicted molar refractivity (Wildman–Crippen MR) is 51.5 cm³/mol. The molecule has 0 aromatic carbocycles. The molecular weight excluding hydrogens is 207 g/mol. The normalized spacial score (nSPS) is 30.2. The molecule has 0 saturated heterocycles. The lowest BCUT2D eigenvalue weighted by molar-refractivity contribution is -0.189. The van der Waals surface area contributed by atoms with Crippen molar-refractivity contribution in [1.29, 1.82) is 0 Å². The first kappa shape index (κ1) is 12.8. The van der Waals surface area contributed by atoms with Gasteiger partial charge in [-0.2, -0.15) is 13.2 Å². The highest BCUT2D eigenvalue weighted by molar-refractivity contribution is 4.86. The van der Waals surface area contributed by atoms with Gasteiger partial charge in [-0.15, -0.1) is 0 Å². The first-order valence-corrected chi connectivity index (χ1v) is 5.38. The summed E-state index contributed by atoms with van der Waals surface area (Å²) in [4.78, 5) is 0. The Bertz CT molecular complexity index is 196. The maximum absolute atomic E-state index is 12.6. The van der Waals surface area contributed by atoms with Crippen LogP contribution in [0.4, 0.5) is 13.2 Å². The molecule has 1 aliphatic rings. The van der Waals surface area contributed by atoms with Crippen molar-refractivity contribution in [3.63, 3.8) is 0 Å². The van der Waals surface area contributed by atoms with Crippen LogP contribution in [-0.4, -0.2) is 30.0 Å². The van der Waals surface area contributed by atoms with Gasteiger partial charge in [0, 0.05) is 12.1 Å². The summed E-state index contributed by atoms with van der Waals surface area (Å²) in [6, 6.07) is -0.793. The summed E-state index contributed by atoms with van der Waals surface area (Å²) in [7, 11) is 0. The molecule has 3 atom stereocenters. The standard InChI is InChI=1S/C10H18F3NO/c1-7(6-15)14-9-5-3-2-4-8(9)10(11,12)13/h7-9,14-15H,2-6H2,1H3/t7-,8?,9?/m1/s1. The minimum atomic E-state index is -4.12. The van der Waals surface area contributed by atoms with Gasteiger partial charge in [-0.3, -0.25) is 0 Å². The molecule has 0 bridgehead atoms. The van der Waals surface area contributed by atoms with E-state index in [4.69, 9.17) is 5.11 Å². The molecule has 90 valence electrons. The number of aliphatic hydroxyl groups excluding tert-OH is 1. The number of nitrogens with one attached hydrogen (secondary N) is 1. The topological polar surface area (TPSA) is 32.3 Å². The second-order valence-electron chi connectivity index (χ2n) is 4.29. The fourth-order valence-corrected chi connectivity index (χ4v) is 2.14. The van der Waals surface area contributed by atoms with Crippen molar-refractivity contribution in [1.82, 2.24) is 5.32 Å². The van der Waals surface area contributed by atoms with Gasteiger partial charge in [0.05, 0.1) is 12.5 Å². The van der Waals surface area contributed by atoms with Crippen LogP contribution in [0.15, 0.2) is 0 Å². The summed E-state index contributed by atoms with van der Waals surface area (Å²) in [6.45, 7) is 1.57. The highest BCUT2D eigenvalue weighted by atomic mass is 19.4. The molecule has 0 aromatic rings. The van der Waals surface area contributed by atoms with E-state index in [0.29, 0.717) is 12.8 Å². The number of alkyl halides is 3. The van der Waals surface area contributed by atoms with Gasteiger partial charge in [-0.1, -0.05) is 12.8 Å². The first-order chi connectivity index (χ1) is 6.95. The van der Waals surface area contributed by atoms with Gasteiger partial charge in [0.25, 0.3) is 0 Å². The summed E-state index contributed by atoms with van der Waals surface area (Å²) in [5, 5.41) is 11.7. The molecule has 0 heterocycles. The maximum Gasteiger partial charge on any atom is 0.393 e. The predicted octanol–water partition coefficient (Wildman–Crippen LogP) is 2.08. The van der Waals surface area contributed by atoms with E-state index in [2.05, 4.69) is 5.32 Å². The van der Waals surface area contributed by atoms with E-state index < -0.39 is 18.1 Å². The molecule has 5 heteroatoms. The zero-order chi connectivity index (χ0) is 11.5. The minimum absolute atomic E-state index is 0.124. The van der Waals surface area contributed by atoms with Crippen molar-refractivity contribution >= 4 is 0 Å². The fourth-order valence-electron chi connectivity index (χ4n) is 2.14.